The summed E-state index contributed by atoms with van der Waals surface area (Å²) in [5.41, 5.74) is 9.64. The fourth-order valence-electron chi connectivity index (χ4n) is 11.2. The number of fused-ring (bicyclic) bond motifs is 10. The lowest BCUT2D eigenvalue weighted by atomic mass is 9.57. The smallest absolute Gasteiger partial charge is 0.330 e. The van der Waals surface area contributed by atoms with Gasteiger partial charge in [-0.25, -0.2) is 4.79 Å². The molecule has 0 radical (unpaired) electrons. The molecule has 9 rings (SSSR count). The standard InChI is InChI=1S/C57H58O7/c1-7-27-55(28-8-2)30-32-56(33-31-55)49-13-11-10-12-44(49)52-47-36-46(38-14-20-41(59-4)21-15-38)50(61-6)37-48(47)54-45(53(52)56)26-29-57(64-54,39-16-22-42(60-5)23-17-39)40-18-24-43(25-19-40)62-34-35-63-51(58)9-3/h9-26,29,36-37H,3,7-8,27-28,30-35H2,1-2,4-6H3. The van der Waals surface area contributed by atoms with Crippen molar-refractivity contribution in [3.05, 3.63) is 156 Å². The van der Waals surface area contributed by atoms with Crippen molar-refractivity contribution >= 4 is 22.8 Å². The highest BCUT2D eigenvalue weighted by atomic mass is 16.6. The second-order valence-electron chi connectivity index (χ2n) is 17.6. The molecule has 1 atom stereocenters. The van der Waals surface area contributed by atoms with Crippen LogP contribution in [0.25, 0.3) is 39.1 Å². The molecular formula is C57H58O7. The maximum Gasteiger partial charge on any atom is 0.330 e. The van der Waals surface area contributed by atoms with E-state index in [1.54, 1.807) is 21.3 Å². The topological polar surface area (TPSA) is 72.5 Å². The second-order valence-corrected chi connectivity index (χ2v) is 17.6. The molecule has 7 heteroatoms. The quantitative estimate of drug-likeness (QED) is 0.0579. The lowest BCUT2D eigenvalue weighted by molar-refractivity contribution is -0.138. The van der Waals surface area contributed by atoms with Gasteiger partial charge in [0.2, 0.25) is 0 Å². The minimum atomic E-state index is -1.02. The fourth-order valence-corrected chi connectivity index (χ4v) is 11.2. The van der Waals surface area contributed by atoms with E-state index in [2.05, 4.69) is 105 Å². The molecule has 64 heavy (non-hydrogen) atoms. The molecule has 0 amide bonds. The number of carbonyl (C=O) groups is 1. The van der Waals surface area contributed by atoms with Gasteiger partial charge in [0.25, 0.3) is 0 Å². The van der Waals surface area contributed by atoms with Crippen LogP contribution in [-0.4, -0.2) is 40.5 Å². The van der Waals surface area contributed by atoms with Crippen LogP contribution >= 0.6 is 0 Å². The Morgan fingerprint density at radius 3 is 1.94 bits per heavy atom. The second kappa shape index (κ2) is 17.6. The molecule has 3 aliphatic rings. The highest BCUT2D eigenvalue weighted by Crippen LogP contribution is 2.65. The van der Waals surface area contributed by atoms with Gasteiger partial charge in [-0.3, -0.25) is 0 Å². The molecule has 0 N–H and O–H groups in total. The third-order valence-electron chi connectivity index (χ3n) is 14.2. The Bertz CT molecular complexity index is 2700. The van der Waals surface area contributed by atoms with Crippen molar-refractivity contribution in [3.8, 4) is 51.0 Å². The third kappa shape index (κ3) is 7.29. The van der Waals surface area contributed by atoms with Crippen LogP contribution in [0.15, 0.2) is 128 Å². The van der Waals surface area contributed by atoms with Crippen LogP contribution in [0.4, 0.5) is 0 Å². The molecule has 0 bridgehead atoms. The number of carbonyl (C=O) groups excluding carboxylic acids is 1. The first-order valence-corrected chi connectivity index (χ1v) is 22.8. The largest absolute Gasteiger partial charge is 0.497 e. The lowest BCUT2D eigenvalue weighted by Gasteiger charge is -2.47. The van der Waals surface area contributed by atoms with E-state index in [0.717, 1.165) is 80.5 Å². The monoisotopic (exact) mass is 854 g/mol. The van der Waals surface area contributed by atoms with E-state index >= 15 is 0 Å². The van der Waals surface area contributed by atoms with Crippen molar-refractivity contribution < 1.29 is 33.2 Å². The summed E-state index contributed by atoms with van der Waals surface area (Å²) < 4.78 is 36.4. The summed E-state index contributed by atoms with van der Waals surface area (Å²) in [6.07, 6.45) is 15.3. The first kappa shape index (κ1) is 42.8. The van der Waals surface area contributed by atoms with Crippen molar-refractivity contribution in [2.24, 2.45) is 5.41 Å². The summed E-state index contributed by atoms with van der Waals surface area (Å²) in [6.45, 7) is 8.50. The third-order valence-corrected chi connectivity index (χ3v) is 14.2. The Hall–Kier alpha value is -6.47. The SMILES string of the molecule is C=CC(=O)OCCOc1ccc(C2(c3ccc(OC)cc3)C=Cc3c4c(c5cc(-c6ccc(OC)cc6)c(OC)cc5c3O2)-c2ccccc2C42CCC(CCC)(CCC)CC2)cc1. The molecule has 1 aliphatic heterocycles. The van der Waals surface area contributed by atoms with E-state index in [-0.39, 0.29) is 18.6 Å². The van der Waals surface area contributed by atoms with Gasteiger partial charge in [-0.15, -0.1) is 0 Å². The Morgan fingerprint density at radius 2 is 1.33 bits per heavy atom. The molecule has 0 saturated heterocycles. The van der Waals surface area contributed by atoms with Gasteiger partial charge in [-0.05, 0) is 132 Å². The maximum atomic E-state index is 11.6. The zero-order chi connectivity index (χ0) is 44.5. The summed E-state index contributed by atoms with van der Waals surface area (Å²) in [5.74, 6) is 3.34. The minimum absolute atomic E-state index is 0.121. The fraction of sp³-hybridized carbons (Fsp3) is 0.316. The highest BCUT2D eigenvalue weighted by molar-refractivity contribution is 6.10. The molecule has 1 saturated carbocycles. The van der Waals surface area contributed by atoms with Crippen molar-refractivity contribution in [1.29, 1.82) is 0 Å². The van der Waals surface area contributed by atoms with Gasteiger partial charge < -0.3 is 28.4 Å². The van der Waals surface area contributed by atoms with Crippen LogP contribution in [0, 0.1) is 5.41 Å². The molecule has 328 valence electrons. The van der Waals surface area contributed by atoms with E-state index in [4.69, 9.17) is 28.4 Å². The van der Waals surface area contributed by atoms with Crippen molar-refractivity contribution in [1.82, 2.24) is 0 Å². The molecular weight excluding hydrogens is 797 g/mol. The van der Waals surface area contributed by atoms with E-state index in [1.165, 1.54) is 60.8 Å². The van der Waals surface area contributed by atoms with Gasteiger partial charge in [0, 0.05) is 39.1 Å². The summed E-state index contributed by atoms with van der Waals surface area (Å²) >= 11 is 0. The van der Waals surface area contributed by atoms with Crippen LogP contribution in [-0.2, 0) is 20.5 Å². The van der Waals surface area contributed by atoms with Crippen LogP contribution in [0.5, 0.6) is 28.7 Å². The first-order valence-electron chi connectivity index (χ1n) is 22.8. The molecule has 6 aromatic carbocycles. The maximum absolute atomic E-state index is 11.6. The van der Waals surface area contributed by atoms with Gasteiger partial charge in [0.1, 0.15) is 42.0 Å². The van der Waals surface area contributed by atoms with Gasteiger partial charge in [0.15, 0.2) is 5.60 Å². The minimum Gasteiger partial charge on any atom is -0.497 e. The average Bonchev–Trinajstić information content (AvgIpc) is 3.63. The van der Waals surface area contributed by atoms with Gasteiger partial charge >= 0.3 is 5.97 Å². The number of hydrogen-bond donors (Lipinski definition) is 0. The molecule has 1 heterocycles. The molecule has 2 aliphatic carbocycles. The van der Waals surface area contributed by atoms with Gasteiger partial charge in [-0.1, -0.05) is 100 Å². The normalized spacial score (nSPS) is 17.5. The number of esters is 1. The summed E-state index contributed by atoms with van der Waals surface area (Å²) in [7, 11) is 5.12. The number of benzene rings is 6. The molecule has 1 fully saturated rings. The highest BCUT2D eigenvalue weighted by Gasteiger charge is 2.52. The van der Waals surface area contributed by atoms with Crippen LogP contribution in [0.2, 0.25) is 0 Å². The van der Waals surface area contributed by atoms with E-state index < -0.39 is 11.6 Å². The van der Waals surface area contributed by atoms with Crippen molar-refractivity contribution in [3.63, 3.8) is 0 Å². The summed E-state index contributed by atoms with van der Waals surface area (Å²) in [5, 5.41) is 2.14. The Balaban J connectivity index is 1.27. The van der Waals surface area contributed by atoms with Crippen molar-refractivity contribution in [2.75, 3.05) is 34.5 Å². The van der Waals surface area contributed by atoms with E-state index in [0.29, 0.717) is 11.2 Å². The number of methoxy groups -OCH3 is 3. The van der Waals surface area contributed by atoms with Gasteiger partial charge in [-0.2, -0.15) is 0 Å². The Labute approximate surface area is 377 Å². The molecule has 1 spiro atoms. The molecule has 6 aromatic rings. The lowest BCUT2D eigenvalue weighted by Crippen LogP contribution is -2.38. The first-order chi connectivity index (χ1) is 31.3. The zero-order valence-corrected chi connectivity index (χ0v) is 37.8. The predicted octanol–water partition coefficient (Wildman–Crippen LogP) is 13.4. The zero-order valence-electron chi connectivity index (χ0n) is 37.8. The van der Waals surface area contributed by atoms with E-state index in [1.807, 2.05) is 36.4 Å². The van der Waals surface area contributed by atoms with Gasteiger partial charge in [0.05, 0.1) is 21.3 Å². The Kier molecular flexibility index (Phi) is 11.8. The number of hydrogen-bond acceptors (Lipinski definition) is 7. The molecule has 1 unspecified atom stereocenters. The number of rotatable bonds is 15. The summed E-state index contributed by atoms with van der Waals surface area (Å²) in [4.78, 5) is 11.6. The molecule has 7 nitrogen and oxygen atoms in total. The molecule has 0 aromatic heterocycles. The van der Waals surface area contributed by atoms with Crippen LogP contribution in [0.3, 0.4) is 0 Å². The Morgan fingerprint density at radius 1 is 0.703 bits per heavy atom. The average molecular weight is 855 g/mol. The number of ether oxygens (including phenoxy) is 6. The van der Waals surface area contributed by atoms with Crippen molar-refractivity contribution in [2.45, 2.75) is 76.2 Å². The van der Waals surface area contributed by atoms with Crippen LogP contribution < -0.4 is 23.7 Å². The predicted molar refractivity (Wildman–Crippen MR) is 256 cm³/mol. The summed E-state index contributed by atoms with van der Waals surface area (Å²) in [6, 6.07) is 38.1. The van der Waals surface area contributed by atoms with E-state index in [9.17, 15) is 4.79 Å². The van der Waals surface area contributed by atoms with Crippen LogP contribution in [0.1, 0.15) is 93.0 Å².